The van der Waals surface area contributed by atoms with E-state index in [1.54, 1.807) is 25.1 Å². The standard InChI is InChI=1S/C16H24O3/c1-4-6-12(2)7-5-10-19-14-8-9-15(16(17)18)13(3)11-14/h8-9,11-12H,4-7,10H2,1-3H3,(H,17,18)/t12-/m1/s1. The maximum atomic E-state index is 10.9. The lowest BCUT2D eigenvalue weighted by Crippen LogP contribution is -2.03. The second kappa shape index (κ2) is 7.82. The topological polar surface area (TPSA) is 46.5 Å². The van der Waals surface area contributed by atoms with Crippen molar-refractivity contribution < 1.29 is 14.6 Å². The third kappa shape index (κ3) is 5.33. The molecule has 0 radical (unpaired) electrons. The van der Waals surface area contributed by atoms with E-state index in [0.717, 1.165) is 23.7 Å². The number of carboxylic acids is 1. The summed E-state index contributed by atoms with van der Waals surface area (Å²) in [4.78, 5) is 10.9. The summed E-state index contributed by atoms with van der Waals surface area (Å²) < 4.78 is 5.66. The van der Waals surface area contributed by atoms with Crippen LogP contribution in [0.5, 0.6) is 5.75 Å². The average molecular weight is 264 g/mol. The minimum atomic E-state index is -0.891. The van der Waals surface area contributed by atoms with Crippen molar-refractivity contribution in [1.82, 2.24) is 0 Å². The largest absolute Gasteiger partial charge is 0.494 e. The molecule has 0 fully saturated rings. The Hall–Kier alpha value is -1.51. The molecular weight excluding hydrogens is 240 g/mol. The first-order valence-electron chi connectivity index (χ1n) is 7.01. The molecule has 1 rings (SSSR count). The molecular formula is C16H24O3. The van der Waals surface area contributed by atoms with Crippen LogP contribution in [0.15, 0.2) is 18.2 Å². The Morgan fingerprint density at radius 3 is 2.68 bits per heavy atom. The maximum absolute atomic E-state index is 10.9. The van der Waals surface area contributed by atoms with Gasteiger partial charge in [0, 0.05) is 0 Å². The molecule has 3 heteroatoms. The zero-order valence-electron chi connectivity index (χ0n) is 12.1. The molecule has 0 amide bonds. The molecule has 3 nitrogen and oxygen atoms in total. The van der Waals surface area contributed by atoms with Crippen molar-refractivity contribution in [2.75, 3.05) is 6.61 Å². The molecule has 0 heterocycles. The number of carboxylic acid groups (broad SMARTS) is 1. The lowest BCUT2D eigenvalue weighted by Gasteiger charge is -2.11. The van der Waals surface area contributed by atoms with E-state index in [1.807, 2.05) is 0 Å². The summed E-state index contributed by atoms with van der Waals surface area (Å²) >= 11 is 0. The Balaban J connectivity index is 2.38. The van der Waals surface area contributed by atoms with Crippen LogP contribution in [-0.2, 0) is 0 Å². The zero-order chi connectivity index (χ0) is 14.3. The minimum absolute atomic E-state index is 0.337. The van der Waals surface area contributed by atoms with E-state index in [-0.39, 0.29) is 0 Å². The predicted octanol–water partition coefficient (Wildman–Crippen LogP) is 4.29. The van der Waals surface area contributed by atoms with Crippen LogP contribution in [0.4, 0.5) is 0 Å². The highest BCUT2D eigenvalue weighted by Gasteiger charge is 2.07. The highest BCUT2D eigenvalue weighted by molar-refractivity contribution is 5.89. The van der Waals surface area contributed by atoms with Gasteiger partial charge in [-0.15, -0.1) is 0 Å². The maximum Gasteiger partial charge on any atom is 0.335 e. The van der Waals surface area contributed by atoms with Crippen LogP contribution < -0.4 is 4.74 Å². The predicted molar refractivity (Wildman–Crippen MR) is 76.9 cm³/mol. The van der Waals surface area contributed by atoms with Gasteiger partial charge in [-0.1, -0.05) is 26.7 Å². The van der Waals surface area contributed by atoms with Gasteiger partial charge in [-0.3, -0.25) is 0 Å². The number of hydrogen-bond acceptors (Lipinski definition) is 2. The first-order valence-corrected chi connectivity index (χ1v) is 7.01. The second-order valence-corrected chi connectivity index (χ2v) is 5.17. The zero-order valence-corrected chi connectivity index (χ0v) is 12.1. The van der Waals surface area contributed by atoms with E-state index in [1.165, 1.54) is 19.3 Å². The van der Waals surface area contributed by atoms with Crippen LogP contribution in [-0.4, -0.2) is 17.7 Å². The van der Waals surface area contributed by atoms with Crippen LogP contribution >= 0.6 is 0 Å². The molecule has 0 aromatic heterocycles. The van der Waals surface area contributed by atoms with Crippen molar-refractivity contribution in [1.29, 1.82) is 0 Å². The number of hydrogen-bond donors (Lipinski definition) is 1. The molecule has 1 atom stereocenters. The Morgan fingerprint density at radius 1 is 1.37 bits per heavy atom. The van der Waals surface area contributed by atoms with Gasteiger partial charge in [-0.25, -0.2) is 4.79 Å². The van der Waals surface area contributed by atoms with E-state index >= 15 is 0 Å². The molecule has 1 N–H and O–H groups in total. The number of benzene rings is 1. The van der Waals surface area contributed by atoms with Crippen LogP contribution in [0, 0.1) is 12.8 Å². The van der Waals surface area contributed by atoms with E-state index in [2.05, 4.69) is 13.8 Å². The molecule has 0 unspecified atom stereocenters. The first kappa shape index (κ1) is 15.5. The molecule has 0 aliphatic carbocycles. The summed E-state index contributed by atoms with van der Waals surface area (Å²) in [5.74, 6) is 0.618. The van der Waals surface area contributed by atoms with Gasteiger partial charge in [0.1, 0.15) is 5.75 Å². The fraction of sp³-hybridized carbons (Fsp3) is 0.562. The molecule has 0 spiro atoms. The Kier molecular flexibility index (Phi) is 6.40. The van der Waals surface area contributed by atoms with Gasteiger partial charge in [0.15, 0.2) is 0 Å². The number of aromatic carboxylic acids is 1. The highest BCUT2D eigenvalue weighted by Crippen LogP contribution is 2.18. The van der Waals surface area contributed by atoms with Crippen LogP contribution in [0.25, 0.3) is 0 Å². The van der Waals surface area contributed by atoms with E-state index < -0.39 is 5.97 Å². The SMILES string of the molecule is CCC[C@@H](C)CCCOc1ccc(C(=O)O)c(C)c1. The van der Waals surface area contributed by atoms with E-state index in [9.17, 15) is 4.79 Å². The van der Waals surface area contributed by atoms with E-state index in [0.29, 0.717) is 12.2 Å². The minimum Gasteiger partial charge on any atom is -0.494 e. The van der Waals surface area contributed by atoms with Gasteiger partial charge in [0.2, 0.25) is 0 Å². The van der Waals surface area contributed by atoms with Gasteiger partial charge in [0.25, 0.3) is 0 Å². The Bertz CT molecular complexity index is 412. The fourth-order valence-corrected chi connectivity index (χ4v) is 2.22. The van der Waals surface area contributed by atoms with Gasteiger partial charge in [-0.2, -0.15) is 0 Å². The fourth-order valence-electron chi connectivity index (χ4n) is 2.22. The van der Waals surface area contributed by atoms with Crippen molar-refractivity contribution in [2.45, 2.75) is 46.5 Å². The van der Waals surface area contributed by atoms with Crippen LogP contribution in [0.1, 0.15) is 55.5 Å². The molecule has 106 valence electrons. The van der Waals surface area contributed by atoms with Crippen molar-refractivity contribution >= 4 is 5.97 Å². The number of ether oxygens (including phenoxy) is 1. The Labute approximate surface area is 115 Å². The van der Waals surface area contributed by atoms with Crippen LogP contribution in [0.2, 0.25) is 0 Å². The summed E-state index contributed by atoms with van der Waals surface area (Å²) in [6.45, 7) is 6.97. The number of rotatable bonds is 8. The van der Waals surface area contributed by atoms with E-state index in [4.69, 9.17) is 9.84 Å². The lowest BCUT2D eigenvalue weighted by molar-refractivity contribution is 0.0696. The summed E-state index contributed by atoms with van der Waals surface area (Å²) in [5.41, 5.74) is 1.08. The normalized spacial score (nSPS) is 12.2. The molecule has 0 aliphatic heterocycles. The molecule has 0 saturated carbocycles. The van der Waals surface area contributed by atoms with Gasteiger partial charge < -0.3 is 9.84 Å². The van der Waals surface area contributed by atoms with Crippen LogP contribution in [0.3, 0.4) is 0 Å². The summed E-state index contributed by atoms with van der Waals surface area (Å²) in [7, 11) is 0. The van der Waals surface area contributed by atoms with Crippen molar-refractivity contribution in [3.8, 4) is 5.75 Å². The highest BCUT2D eigenvalue weighted by atomic mass is 16.5. The molecule has 1 aromatic rings. The van der Waals surface area contributed by atoms with Crippen molar-refractivity contribution in [3.63, 3.8) is 0 Å². The average Bonchev–Trinajstić information content (AvgIpc) is 2.34. The number of carbonyl (C=O) groups is 1. The number of aryl methyl sites for hydroxylation is 1. The molecule has 19 heavy (non-hydrogen) atoms. The summed E-state index contributed by atoms with van der Waals surface area (Å²) in [6.07, 6.45) is 4.73. The summed E-state index contributed by atoms with van der Waals surface area (Å²) in [6, 6.07) is 5.12. The molecule has 0 saturated heterocycles. The second-order valence-electron chi connectivity index (χ2n) is 5.17. The van der Waals surface area contributed by atoms with Crippen molar-refractivity contribution in [3.05, 3.63) is 29.3 Å². The smallest absolute Gasteiger partial charge is 0.335 e. The monoisotopic (exact) mass is 264 g/mol. The Morgan fingerprint density at radius 2 is 2.11 bits per heavy atom. The van der Waals surface area contributed by atoms with Gasteiger partial charge in [-0.05, 0) is 49.4 Å². The quantitative estimate of drug-likeness (QED) is 0.712. The summed E-state index contributed by atoms with van der Waals surface area (Å²) in [5, 5.41) is 8.94. The van der Waals surface area contributed by atoms with Gasteiger partial charge in [0.05, 0.1) is 12.2 Å². The van der Waals surface area contributed by atoms with Gasteiger partial charge >= 0.3 is 5.97 Å². The molecule has 1 aromatic carbocycles. The van der Waals surface area contributed by atoms with Crippen molar-refractivity contribution in [2.24, 2.45) is 5.92 Å². The molecule has 0 aliphatic rings. The first-order chi connectivity index (χ1) is 9.04. The third-order valence-electron chi connectivity index (χ3n) is 3.32. The molecule has 0 bridgehead atoms. The lowest BCUT2D eigenvalue weighted by atomic mass is 10.0. The third-order valence-corrected chi connectivity index (χ3v) is 3.32.